The number of rotatable bonds is 6. The number of carbonyl (C=O) groups excluding carboxylic acids is 1. The number of nitrogens with two attached hydrogens (primary N) is 1. The van der Waals surface area contributed by atoms with Crippen LogP contribution in [0.2, 0.25) is 0 Å². The first-order valence-electron chi connectivity index (χ1n) is 6.78. The average Bonchev–Trinajstić information content (AvgIpc) is 2.47. The normalized spacial score (nSPS) is 14.7. The van der Waals surface area contributed by atoms with E-state index in [4.69, 9.17) is 10.9 Å². The summed E-state index contributed by atoms with van der Waals surface area (Å²) in [6.45, 7) is 4.25. The van der Waals surface area contributed by atoms with Crippen LogP contribution in [0.1, 0.15) is 31.7 Å². The number of benzene rings is 1. The van der Waals surface area contributed by atoms with Gasteiger partial charge in [0.25, 0.3) is 0 Å². The maximum absolute atomic E-state index is 12.5. The topological polar surface area (TPSA) is 78.9 Å². The number of nitrogens with zero attached hydrogens (tertiary/aromatic N) is 2. The summed E-state index contributed by atoms with van der Waals surface area (Å²) in [5.41, 5.74) is 6.56. The van der Waals surface area contributed by atoms with Gasteiger partial charge in [-0.25, -0.2) is 0 Å². The van der Waals surface area contributed by atoms with Crippen molar-refractivity contribution in [3.05, 3.63) is 35.9 Å². The molecule has 2 unspecified atom stereocenters. The molecule has 3 N–H and O–H groups in total. The lowest BCUT2D eigenvalue weighted by atomic mass is 9.95. The standard InChI is InChI=1S/C15H23N3O2/c1-4-13(12-8-6-5-7-9-12)15(19)18(3)10-11(2)14(16)17-20/h5-9,11,13,20H,4,10H2,1-3H3,(H2,16,17). The van der Waals surface area contributed by atoms with Gasteiger partial charge in [-0.15, -0.1) is 0 Å². The lowest BCUT2D eigenvalue weighted by Crippen LogP contribution is -2.38. The SMILES string of the molecule is CCC(C(=O)N(C)CC(C)C(N)=NO)c1ccccc1. The third-order valence-electron chi connectivity index (χ3n) is 3.45. The van der Waals surface area contributed by atoms with Crippen molar-refractivity contribution in [2.75, 3.05) is 13.6 Å². The molecular weight excluding hydrogens is 254 g/mol. The molecule has 0 radical (unpaired) electrons. The molecule has 0 heterocycles. The van der Waals surface area contributed by atoms with Gasteiger partial charge in [0.1, 0.15) is 5.84 Å². The van der Waals surface area contributed by atoms with Crippen LogP contribution in [0.25, 0.3) is 0 Å². The molecule has 0 spiro atoms. The number of carbonyl (C=O) groups is 1. The quantitative estimate of drug-likeness (QED) is 0.361. The first-order valence-corrected chi connectivity index (χ1v) is 6.78. The lowest BCUT2D eigenvalue weighted by molar-refractivity contribution is -0.131. The van der Waals surface area contributed by atoms with Crippen molar-refractivity contribution < 1.29 is 10.0 Å². The third kappa shape index (κ3) is 3.98. The van der Waals surface area contributed by atoms with Crippen molar-refractivity contribution in [3.63, 3.8) is 0 Å². The van der Waals surface area contributed by atoms with Crippen LogP contribution in [0.5, 0.6) is 0 Å². The Labute approximate surface area is 120 Å². The summed E-state index contributed by atoms with van der Waals surface area (Å²) < 4.78 is 0. The van der Waals surface area contributed by atoms with Gasteiger partial charge >= 0.3 is 0 Å². The molecule has 1 aromatic rings. The molecular formula is C15H23N3O2. The molecule has 1 rings (SSSR count). The van der Waals surface area contributed by atoms with E-state index >= 15 is 0 Å². The van der Waals surface area contributed by atoms with E-state index in [9.17, 15) is 4.79 Å². The second-order valence-electron chi connectivity index (χ2n) is 5.02. The van der Waals surface area contributed by atoms with Crippen molar-refractivity contribution >= 4 is 11.7 Å². The van der Waals surface area contributed by atoms with Crippen LogP contribution in [0.4, 0.5) is 0 Å². The van der Waals surface area contributed by atoms with Gasteiger partial charge in [0.2, 0.25) is 5.91 Å². The predicted molar refractivity (Wildman–Crippen MR) is 79.7 cm³/mol. The Morgan fingerprint density at radius 2 is 2.00 bits per heavy atom. The first-order chi connectivity index (χ1) is 9.51. The van der Waals surface area contributed by atoms with Gasteiger partial charge in [0, 0.05) is 19.5 Å². The van der Waals surface area contributed by atoms with Crippen molar-refractivity contribution in [1.29, 1.82) is 0 Å². The minimum absolute atomic E-state index is 0.0521. The summed E-state index contributed by atoms with van der Waals surface area (Å²) in [4.78, 5) is 14.1. The summed E-state index contributed by atoms with van der Waals surface area (Å²) in [6.07, 6.45) is 0.741. The van der Waals surface area contributed by atoms with Crippen molar-refractivity contribution in [2.24, 2.45) is 16.8 Å². The highest BCUT2D eigenvalue weighted by Crippen LogP contribution is 2.21. The van der Waals surface area contributed by atoms with Gasteiger partial charge < -0.3 is 15.8 Å². The first kappa shape index (κ1) is 16.0. The molecule has 0 aliphatic heterocycles. The van der Waals surface area contributed by atoms with Gasteiger partial charge in [0.05, 0.1) is 5.92 Å². The molecule has 0 saturated carbocycles. The van der Waals surface area contributed by atoms with Gasteiger partial charge in [0.15, 0.2) is 0 Å². The number of amidine groups is 1. The van der Waals surface area contributed by atoms with Gasteiger partial charge in [-0.2, -0.15) is 0 Å². The maximum Gasteiger partial charge on any atom is 0.229 e. The average molecular weight is 277 g/mol. The molecule has 0 aliphatic rings. The van der Waals surface area contributed by atoms with Crippen molar-refractivity contribution in [3.8, 4) is 0 Å². The molecule has 20 heavy (non-hydrogen) atoms. The van der Waals surface area contributed by atoms with E-state index < -0.39 is 0 Å². The number of likely N-dealkylation sites (N-methyl/N-ethyl adjacent to an activating group) is 1. The number of hydrogen-bond acceptors (Lipinski definition) is 3. The molecule has 1 aromatic carbocycles. The van der Waals surface area contributed by atoms with E-state index in [0.29, 0.717) is 6.54 Å². The zero-order valence-corrected chi connectivity index (χ0v) is 12.3. The van der Waals surface area contributed by atoms with Crippen LogP contribution in [-0.2, 0) is 4.79 Å². The van der Waals surface area contributed by atoms with Crippen LogP contribution in [0.3, 0.4) is 0 Å². The fourth-order valence-electron chi connectivity index (χ4n) is 2.20. The molecule has 0 saturated heterocycles. The van der Waals surface area contributed by atoms with E-state index in [1.165, 1.54) is 0 Å². The number of hydrogen-bond donors (Lipinski definition) is 2. The summed E-state index contributed by atoms with van der Waals surface area (Å²) in [5.74, 6) is -0.142. The summed E-state index contributed by atoms with van der Waals surface area (Å²) >= 11 is 0. The maximum atomic E-state index is 12.5. The monoisotopic (exact) mass is 277 g/mol. The summed E-state index contributed by atoms with van der Waals surface area (Å²) in [7, 11) is 1.75. The Hall–Kier alpha value is -2.04. The molecule has 5 heteroatoms. The number of oxime groups is 1. The predicted octanol–water partition coefficient (Wildman–Crippen LogP) is 2.02. The van der Waals surface area contributed by atoms with E-state index in [-0.39, 0.29) is 23.6 Å². The molecule has 110 valence electrons. The van der Waals surface area contributed by atoms with Crippen LogP contribution < -0.4 is 5.73 Å². The Morgan fingerprint density at radius 1 is 1.40 bits per heavy atom. The molecule has 0 aliphatic carbocycles. The number of amides is 1. The minimum Gasteiger partial charge on any atom is -0.409 e. The fraction of sp³-hybridized carbons (Fsp3) is 0.467. The Balaban J connectivity index is 2.77. The van der Waals surface area contributed by atoms with E-state index in [2.05, 4.69) is 5.16 Å². The smallest absolute Gasteiger partial charge is 0.229 e. The molecule has 2 atom stereocenters. The lowest BCUT2D eigenvalue weighted by Gasteiger charge is -2.25. The van der Waals surface area contributed by atoms with Gasteiger partial charge in [-0.05, 0) is 12.0 Å². The third-order valence-corrected chi connectivity index (χ3v) is 3.45. The minimum atomic E-state index is -0.178. The van der Waals surface area contributed by atoms with E-state index in [1.54, 1.807) is 11.9 Å². The zero-order chi connectivity index (χ0) is 15.1. The summed E-state index contributed by atoms with van der Waals surface area (Å²) in [5, 5.41) is 11.6. The van der Waals surface area contributed by atoms with Crippen LogP contribution in [-0.4, -0.2) is 35.4 Å². The van der Waals surface area contributed by atoms with Crippen molar-refractivity contribution in [2.45, 2.75) is 26.2 Å². The zero-order valence-electron chi connectivity index (χ0n) is 12.3. The molecule has 1 amide bonds. The molecule has 5 nitrogen and oxygen atoms in total. The largest absolute Gasteiger partial charge is 0.409 e. The Morgan fingerprint density at radius 3 is 2.50 bits per heavy atom. The molecule has 0 fully saturated rings. The van der Waals surface area contributed by atoms with Crippen LogP contribution >= 0.6 is 0 Å². The van der Waals surface area contributed by atoms with Crippen molar-refractivity contribution in [1.82, 2.24) is 4.90 Å². The second kappa shape index (κ2) is 7.53. The Bertz CT molecular complexity index is 459. The summed E-state index contributed by atoms with van der Waals surface area (Å²) in [6, 6.07) is 9.74. The van der Waals surface area contributed by atoms with E-state index in [1.807, 2.05) is 44.2 Å². The Kier molecular flexibility index (Phi) is 6.03. The van der Waals surface area contributed by atoms with Crippen LogP contribution in [0.15, 0.2) is 35.5 Å². The van der Waals surface area contributed by atoms with Gasteiger partial charge in [-0.1, -0.05) is 49.3 Å². The van der Waals surface area contributed by atoms with E-state index in [0.717, 1.165) is 12.0 Å². The van der Waals surface area contributed by atoms with Crippen LogP contribution in [0, 0.1) is 5.92 Å². The highest BCUT2D eigenvalue weighted by molar-refractivity contribution is 5.85. The molecule has 0 bridgehead atoms. The highest BCUT2D eigenvalue weighted by Gasteiger charge is 2.23. The second-order valence-corrected chi connectivity index (χ2v) is 5.02. The van der Waals surface area contributed by atoms with Gasteiger partial charge in [-0.3, -0.25) is 4.79 Å². The highest BCUT2D eigenvalue weighted by atomic mass is 16.4. The fourth-order valence-corrected chi connectivity index (χ4v) is 2.20. The molecule has 0 aromatic heterocycles.